The van der Waals surface area contributed by atoms with Crippen molar-refractivity contribution in [2.45, 2.75) is 30.5 Å². The van der Waals surface area contributed by atoms with E-state index in [1.54, 1.807) is 22.8 Å². The van der Waals surface area contributed by atoms with Gasteiger partial charge in [0.05, 0.1) is 18.9 Å². The zero-order chi connectivity index (χ0) is 18.1. The summed E-state index contributed by atoms with van der Waals surface area (Å²) in [6, 6.07) is 5.26. The van der Waals surface area contributed by atoms with E-state index >= 15 is 0 Å². The van der Waals surface area contributed by atoms with Crippen molar-refractivity contribution in [3.8, 4) is 0 Å². The molecule has 0 saturated heterocycles. The Bertz CT molecular complexity index is 878. The van der Waals surface area contributed by atoms with Gasteiger partial charge < -0.3 is 14.1 Å². The van der Waals surface area contributed by atoms with E-state index in [0.717, 1.165) is 0 Å². The normalized spacial score (nSPS) is 14.7. The molecule has 0 saturated carbocycles. The molecule has 0 fully saturated rings. The average Bonchev–Trinajstić information content (AvgIpc) is 3.35. The molecular weight excluding hydrogens is 362 g/mol. The minimum atomic E-state index is -3.86. The molecule has 2 N–H and O–H groups in total. The van der Waals surface area contributed by atoms with Gasteiger partial charge in [0.1, 0.15) is 5.60 Å². The Morgan fingerprint density at radius 3 is 2.80 bits per heavy atom. The van der Waals surface area contributed by atoms with E-state index in [-0.39, 0.29) is 17.6 Å². The lowest BCUT2D eigenvalue weighted by molar-refractivity contribution is 0.0891. The fourth-order valence-corrected chi connectivity index (χ4v) is 4.20. The number of aromatic nitrogens is 2. The largest absolute Gasteiger partial charge is 0.472 e. The van der Waals surface area contributed by atoms with Crippen molar-refractivity contribution in [2.24, 2.45) is 0 Å². The van der Waals surface area contributed by atoms with E-state index in [9.17, 15) is 13.5 Å². The molecule has 9 heteroatoms. The summed E-state index contributed by atoms with van der Waals surface area (Å²) in [4.78, 5) is 4.57. The molecule has 3 heterocycles. The number of furan rings is 1. The highest BCUT2D eigenvalue weighted by atomic mass is 32.2. The van der Waals surface area contributed by atoms with Crippen molar-refractivity contribution in [1.82, 2.24) is 14.3 Å². The molecule has 0 aromatic carbocycles. The molecule has 0 radical (unpaired) electrons. The molecule has 0 unspecified atom stereocenters. The molecule has 1 atom stereocenters. The summed E-state index contributed by atoms with van der Waals surface area (Å²) >= 11 is 1.34. The molecule has 3 aromatic rings. The van der Waals surface area contributed by atoms with Gasteiger partial charge >= 0.3 is 0 Å². The predicted octanol–water partition coefficient (Wildman–Crippen LogP) is 2.33. The summed E-state index contributed by atoms with van der Waals surface area (Å²) in [7, 11) is -3.86. The molecule has 134 valence electrons. The first-order valence-corrected chi connectivity index (χ1v) is 10.0. The minimum absolute atomic E-state index is 0.0816. The maximum Gasteiger partial charge on any atom is 0.259 e. The molecule has 7 nitrogen and oxygen atoms in total. The smallest absolute Gasteiger partial charge is 0.259 e. The maximum atomic E-state index is 12.5. The molecular formula is C16H19N3O4S2. The van der Waals surface area contributed by atoms with E-state index in [1.165, 1.54) is 36.4 Å². The number of thiophene rings is 1. The van der Waals surface area contributed by atoms with Crippen molar-refractivity contribution in [1.29, 1.82) is 0 Å². The van der Waals surface area contributed by atoms with Gasteiger partial charge in [0.25, 0.3) is 10.0 Å². The molecule has 3 aromatic heterocycles. The second kappa shape index (κ2) is 6.75. The second-order valence-corrected chi connectivity index (χ2v) is 8.59. The first-order chi connectivity index (χ1) is 11.8. The van der Waals surface area contributed by atoms with Crippen molar-refractivity contribution < 1.29 is 17.9 Å². The first-order valence-electron chi connectivity index (χ1n) is 7.65. The summed E-state index contributed by atoms with van der Waals surface area (Å²) in [5.41, 5.74) is -1.04. The minimum Gasteiger partial charge on any atom is -0.472 e. The highest BCUT2D eigenvalue weighted by molar-refractivity contribution is 7.89. The van der Waals surface area contributed by atoms with Crippen LogP contribution in [0.5, 0.6) is 0 Å². The number of rotatable bonds is 7. The standard InChI is InChI=1S/C16H19N3O4S2/c1-12(2)19-8-15(17-11-19)25(21,22)18-10-16(20,13-5-6-23-9-13)14-4-3-7-24-14/h3-9,11-12,18,20H,10H2,1-2H3/t16-/m1/s1. The van der Waals surface area contributed by atoms with E-state index in [1.807, 2.05) is 19.2 Å². The average molecular weight is 381 g/mol. The van der Waals surface area contributed by atoms with Gasteiger partial charge in [-0.05, 0) is 31.4 Å². The van der Waals surface area contributed by atoms with Crippen LogP contribution in [0.15, 0.2) is 58.1 Å². The Morgan fingerprint density at radius 2 is 2.24 bits per heavy atom. The molecule has 0 aliphatic carbocycles. The van der Waals surface area contributed by atoms with Gasteiger partial charge in [-0.25, -0.2) is 18.1 Å². The van der Waals surface area contributed by atoms with Crippen LogP contribution in [0.25, 0.3) is 0 Å². The van der Waals surface area contributed by atoms with E-state index in [0.29, 0.717) is 10.4 Å². The molecule has 0 amide bonds. The van der Waals surface area contributed by atoms with Crippen LogP contribution < -0.4 is 4.72 Å². The third kappa shape index (κ3) is 3.54. The number of aliphatic hydroxyl groups is 1. The number of hydrogen-bond acceptors (Lipinski definition) is 6. The Balaban J connectivity index is 1.86. The number of nitrogens with one attached hydrogen (secondary N) is 1. The van der Waals surface area contributed by atoms with Crippen LogP contribution in [-0.2, 0) is 15.6 Å². The molecule has 3 rings (SSSR count). The van der Waals surface area contributed by atoms with Gasteiger partial charge in [0.15, 0.2) is 5.03 Å². The summed E-state index contributed by atoms with van der Waals surface area (Å²) in [5.74, 6) is 0. The first kappa shape index (κ1) is 17.9. The number of hydrogen-bond donors (Lipinski definition) is 2. The molecule has 25 heavy (non-hydrogen) atoms. The summed E-state index contributed by atoms with van der Waals surface area (Å²) in [6.07, 6.45) is 5.78. The topological polar surface area (TPSA) is 97.4 Å². The van der Waals surface area contributed by atoms with Crippen LogP contribution >= 0.6 is 11.3 Å². The number of nitrogens with zero attached hydrogens (tertiary/aromatic N) is 2. The van der Waals surface area contributed by atoms with Crippen LogP contribution in [-0.4, -0.2) is 29.6 Å². The summed E-state index contributed by atoms with van der Waals surface area (Å²) in [5, 5.41) is 12.9. The Hall–Kier alpha value is -1.94. The van der Waals surface area contributed by atoms with Crippen LogP contribution in [0, 0.1) is 0 Å². The SMILES string of the molecule is CC(C)n1cnc(S(=O)(=O)NC[C@@](O)(c2ccoc2)c2cccs2)c1. The highest BCUT2D eigenvalue weighted by Crippen LogP contribution is 2.33. The lowest BCUT2D eigenvalue weighted by atomic mass is 9.95. The Labute approximate surface area is 150 Å². The van der Waals surface area contributed by atoms with Gasteiger partial charge in [-0.15, -0.1) is 11.3 Å². The quantitative estimate of drug-likeness (QED) is 0.655. The monoisotopic (exact) mass is 381 g/mol. The van der Waals surface area contributed by atoms with E-state index in [2.05, 4.69) is 9.71 Å². The number of sulfonamides is 1. The molecule has 0 spiro atoms. The van der Waals surface area contributed by atoms with E-state index < -0.39 is 15.6 Å². The Kier molecular flexibility index (Phi) is 4.83. The van der Waals surface area contributed by atoms with Gasteiger partial charge in [-0.1, -0.05) is 6.07 Å². The van der Waals surface area contributed by atoms with Crippen molar-refractivity contribution in [3.63, 3.8) is 0 Å². The summed E-state index contributed by atoms with van der Waals surface area (Å²) in [6.45, 7) is 3.63. The van der Waals surface area contributed by atoms with Crippen molar-refractivity contribution in [2.75, 3.05) is 6.54 Å². The van der Waals surface area contributed by atoms with Crippen molar-refractivity contribution >= 4 is 21.4 Å². The van der Waals surface area contributed by atoms with Crippen LogP contribution in [0.2, 0.25) is 0 Å². The Morgan fingerprint density at radius 1 is 1.44 bits per heavy atom. The van der Waals surface area contributed by atoms with Gasteiger partial charge in [-0.3, -0.25) is 0 Å². The molecule has 0 bridgehead atoms. The second-order valence-electron chi connectivity index (χ2n) is 5.93. The highest BCUT2D eigenvalue weighted by Gasteiger charge is 2.35. The lowest BCUT2D eigenvalue weighted by Crippen LogP contribution is -2.41. The number of imidazole rings is 1. The maximum absolute atomic E-state index is 12.5. The van der Waals surface area contributed by atoms with Crippen LogP contribution in [0.4, 0.5) is 0 Å². The fourth-order valence-electron chi connectivity index (χ4n) is 2.36. The predicted molar refractivity (Wildman–Crippen MR) is 93.8 cm³/mol. The van der Waals surface area contributed by atoms with Gasteiger partial charge in [-0.2, -0.15) is 0 Å². The van der Waals surface area contributed by atoms with Crippen molar-refractivity contribution in [3.05, 3.63) is 59.1 Å². The van der Waals surface area contributed by atoms with Crippen LogP contribution in [0.3, 0.4) is 0 Å². The third-order valence-electron chi connectivity index (χ3n) is 3.89. The third-order valence-corrected chi connectivity index (χ3v) is 6.20. The zero-order valence-electron chi connectivity index (χ0n) is 13.8. The van der Waals surface area contributed by atoms with E-state index in [4.69, 9.17) is 4.42 Å². The molecule has 0 aliphatic rings. The van der Waals surface area contributed by atoms with Gasteiger partial charge in [0.2, 0.25) is 0 Å². The fraction of sp³-hybridized carbons (Fsp3) is 0.312. The zero-order valence-corrected chi connectivity index (χ0v) is 15.4. The molecule has 0 aliphatic heterocycles. The lowest BCUT2D eigenvalue weighted by Gasteiger charge is -2.26. The van der Waals surface area contributed by atoms with Gasteiger partial charge in [0, 0.05) is 29.2 Å². The van der Waals surface area contributed by atoms with Crippen LogP contribution in [0.1, 0.15) is 30.3 Å². The summed E-state index contributed by atoms with van der Waals surface area (Å²) < 4.78 is 34.3.